The van der Waals surface area contributed by atoms with E-state index in [0.29, 0.717) is 4.68 Å². The highest BCUT2D eigenvalue weighted by molar-refractivity contribution is 7.49. The van der Waals surface area contributed by atoms with Crippen molar-refractivity contribution in [2.24, 2.45) is 5.73 Å². The average molecular weight is 538 g/mol. The van der Waals surface area contributed by atoms with Gasteiger partial charge in [0.05, 0.1) is 12.7 Å². The minimum Gasteiger partial charge on any atom is -0.461 e. The molecule has 1 aliphatic heterocycles. The molecule has 1 unspecified atom stereocenters. The van der Waals surface area contributed by atoms with Crippen molar-refractivity contribution >= 4 is 13.8 Å². The van der Waals surface area contributed by atoms with E-state index in [1.54, 1.807) is 32.0 Å². The predicted molar refractivity (Wildman–Crippen MR) is 127 cm³/mol. The highest BCUT2D eigenvalue weighted by atomic mass is 31.2. The van der Waals surface area contributed by atoms with E-state index in [2.05, 4.69) is 11.0 Å². The summed E-state index contributed by atoms with van der Waals surface area (Å²) in [5.74, 6) is 1.46. The van der Waals surface area contributed by atoms with Gasteiger partial charge in [0.25, 0.3) is 5.56 Å². The van der Waals surface area contributed by atoms with Crippen LogP contribution in [-0.4, -0.2) is 62.4 Å². The van der Waals surface area contributed by atoms with Crippen molar-refractivity contribution in [3.8, 4) is 18.1 Å². The van der Waals surface area contributed by atoms with Crippen LogP contribution in [0.25, 0.3) is 0 Å². The summed E-state index contributed by atoms with van der Waals surface area (Å²) in [6, 6.07) is 7.86. The first-order valence-corrected chi connectivity index (χ1v) is 12.5. The van der Waals surface area contributed by atoms with Crippen molar-refractivity contribution < 1.29 is 37.5 Å². The third-order valence-corrected chi connectivity index (χ3v) is 6.57. The third kappa shape index (κ3) is 6.53. The molecule has 2 heterocycles. The normalized spacial score (nSPS) is 25.7. The van der Waals surface area contributed by atoms with Crippen molar-refractivity contribution in [3.05, 3.63) is 57.4 Å². The van der Waals surface area contributed by atoms with Gasteiger partial charge in [-0.2, -0.15) is 9.78 Å². The number of aromatic nitrogens is 3. The summed E-state index contributed by atoms with van der Waals surface area (Å²) < 4.78 is 41.1. The van der Waals surface area contributed by atoms with Gasteiger partial charge in [-0.25, -0.2) is 14.2 Å². The number of carbonyl (C=O) groups is 1. The lowest BCUT2D eigenvalue weighted by Crippen LogP contribution is -2.55. The molecule has 3 rings (SSSR count). The monoisotopic (exact) mass is 538 g/mol. The molecule has 1 aromatic carbocycles. The van der Waals surface area contributed by atoms with Crippen molar-refractivity contribution in [1.82, 2.24) is 14.8 Å². The SMILES string of the molecule is C#CC1(N)[C@@H](O)[C@@H](CO[P@](=O)(Oc2ccccc2)O[C@@H](C)C(=O)OC(C)C)O[C@H]1n1ncc(=O)[nH]c1=O. The lowest BCUT2D eigenvalue weighted by atomic mass is 9.92. The van der Waals surface area contributed by atoms with Gasteiger partial charge in [0.2, 0.25) is 0 Å². The van der Waals surface area contributed by atoms with Crippen LogP contribution in [0.1, 0.15) is 27.0 Å². The Bertz CT molecular complexity index is 1310. The molecule has 1 saturated heterocycles. The largest absolute Gasteiger partial charge is 0.530 e. The molecular weight excluding hydrogens is 511 g/mol. The van der Waals surface area contributed by atoms with Crippen molar-refractivity contribution in [1.29, 1.82) is 0 Å². The standard InChI is InChI=1S/C22H27N4O10P/c1-5-22(23)18(28)16(34-20(22)26-21(30)25-17(27)11-24-26)12-32-37(31,36-15-9-7-6-8-10-15)35-14(4)19(29)33-13(2)3/h1,6-11,13-14,16,18,20,28H,12,23H2,2-4H3,(H,25,27,30)/t14-,16+,18-,20+,22?,37-/m0/s1. The Kier molecular flexibility index (Phi) is 8.70. The molecule has 14 nitrogen and oxygen atoms in total. The Morgan fingerprint density at radius 2 is 2.03 bits per heavy atom. The van der Waals surface area contributed by atoms with Crippen LogP contribution in [0.2, 0.25) is 0 Å². The molecule has 0 aliphatic carbocycles. The number of nitrogens with zero attached hydrogens (tertiary/aromatic N) is 2. The Morgan fingerprint density at radius 3 is 2.62 bits per heavy atom. The fourth-order valence-electron chi connectivity index (χ4n) is 3.30. The summed E-state index contributed by atoms with van der Waals surface area (Å²) >= 11 is 0. The lowest BCUT2D eigenvalue weighted by molar-refractivity contribution is -0.156. The molecule has 4 N–H and O–H groups in total. The topological polar surface area (TPSA) is 194 Å². The molecule has 0 saturated carbocycles. The number of rotatable bonds is 10. The van der Waals surface area contributed by atoms with Gasteiger partial charge in [-0.3, -0.25) is 18.8 Å². The number of benzene rings is 1. The van der Waals surface area contributed by atoms with Crippen molar-refractivity contribution in [2.45, 2.75) is 57.0 Å². The molecular formula is C22H27N4O10P. The van der Waals surface area contributed by atoms with Crippen LogP contribution in [0.3, 0.4) is 0 Å². The van der Waals surface area contributed by atoms with E-state index in [-0.39, 0.29) is 5.75 Å². The second kappa shape index (κ2) is 11.4. The number of ether oxygens (including phenoxy) is 2. The maximum atomic E-state index is 13.5. The minimum atomic E-state index is -4.55. The van der Waals surface area contributed by atoms with Gasteiger partial charge in [0.15, 0.2) is 17.9 Å². The molecule has 0 radical (unpaired) electrons. The number of phosphoric ester groups is 1. The summed E-state index contributed by atoms with van der Waals surface area (Å²) in [4.78, 5) is 37.8. The number of esters is 1. The molecule has 200 valence electrons. The number of carbonyl (C=O) groups excluding carboxylic acids is 1. The zero-order valence-electron chi connectivity index (χ0n) is 20.2. The number of aliphatic hydroxyl groups excluding tert-OH is 1. The maximum absolute atomic E-state index is 13.5. The van der Waals surface area contributed by atoms with Gasteiger partial charge in [-0.05, 0) is 32.9 Å². The molecule has 37 heavy (non-hydrogen) atoms. The van der Waals surface area contributed by atoms with Crippen LogP contribution in [0.4, 0.5) is 0 Å². The second-order valence-corrected chi connectivity index (χ2v) is 9.86. The Morgan fingerprint density at radius 1 is 1.35 bits per heavy atom. The summed E-state index contributed by atoms with van der Waals surface area (Å²) in [5.41, 5.74) is 2.39. The van der Waals surface area contributed by atoms with Gasteiger partial charge in [0, 0.05) is 0 Å². The van der Waals surface area contributed by atoms with E-state index in [1.165, 1.54) is 19.1 Å². The number of para-hydroxylation sites is 1. The van der Waals surface area contributed by atoms with Gasteiger partial charge in [-0.15, -0.1) is 6.42 Å². The fourth-order valence-corrected chi connectivity index (χ4v) is 4.64. The van der Waals surface area contributed by atoms with Crippen molar-refractivity contribution in [2.75, 3.05) is 6.61 Å². The van der Waals surface area contributed by atoms with E-state index >= 15 is 0 Å². The number of hydrogen-bond donors (Lipinski definition) is 3. The van der Waals surface area contributed by atoms with E-state index in [0.717, 1.165) is 6.20 Å². The summed E-state index contributed by atoms with van der Waals surface area (Å²) in [5, 5.41) is 14.5. The number of nitrogens with one attached hydrogen (secondary N) is 1. The Balaban J connectivity index is 1.84. The first-order valence-electron chi connectivity index (χ1n) is 11.0. The van der Waals surface area contributed by atoms with Gasteiger partial charge in [0.1, 0.15) is 24.2 Å². The number of hydrogen-bond acceptors (Lipinski definition) is 12. The molecule has 0 spiro atoms. The zero-order valence-corrected chi connectivity index (χ0v) is 21.1. The van der Waals surface area contributed by atoms with E-state index in [9.17, 15) is 24.1 Å². The summed E-state index contributed by atoms with van der Waals surface area (Å²) in [6.07, 6.45) is -0.0394. The minimum absolute atomic E-state index is 0.0989. The molecule has 1 fully saturated rings. The van der Waals surface area contributed by atoms with Gasteiger partial charge < -0.3 is 24.8 Å². The molecule has 0 bridgehead atoms. The molecule has 2 aromatic rings. The number of phosphoric acid groups is 1. The van der Waals surface area contributed by atoms with Crippen LogP contribution < -0.4 is 21.5 Å². The zero-order chi connectivity index (χ0) is 27.4. The Labute approximate surface area is 211 Å². The fraction of sp³-hybridized carbons (Fsp3) is 0.455. The van der Waals surface area contributed by atoms with E-state index < -0.39 is 67.8 Å². The van der Waals surface area contributed by atoms with Crippen LogP contribution in [-0.2, 0) is 27.9 Å². The highest BCUT2D eigenvalue weighted by Gasteiger charge is 2.55. The van der Waals surface area contributed by atoms with Crippen LogP contribution in [0.5, 0.6) is 5.75 Å². The number of H-pyrrole nitrogens is 1. The molecule has 1 aromatic heterocycles. The van der Waals surface area contributed by atoms with Gasteiger partial charge >= 0.3 is 19.5 Å². The molecule has 15 heteroatoms. The highest BCUT2D eigenvalue weighted by Crippen LogP contribution is 2.51. The predicted octanol–water partition coefficient (Wildman–Crippen LogP) is 0.0810. The smallest absolute Gasteiger partial charge is 0.461 e. The van der Waals surface area contributed by atoms with Crippen molar-refractivity contribution in [3.63, 3.8) is 0 Å². The number of terminal acetylenes is 1. The molecule has 0 amide bonds. The lowest BCUT2D eigenvalue weighted by Gasteiger charge is -2.26. The summed E-state index contributed by atoms with van der Waals surface area (Å²) in [7, 11) is -4.55. The van der Waals surface area contributed by atoms with E-state index in [1.807, 2.05) is 4.98 Å². The van der Waals surface area contributed by atoms with Gasteiger partial charge in [-0.1, -0.05) is 24.1 Å². The number of aromatic amines is 1. The first kappa shape index (κ1) is 28.3. The first-order chi connectivity index (χ1) is 17.4. The average Bonchev–Trinajstić information content (AvgIpc) is 3.08. The number of aliphatic hydroxyl groups is 1. The summed E-state index contributed by atoms with van der Waals surface area (Å²) in [6.45, 7) is 3.89. The maximum Gasteiger partial charge on any atom is 0.530 e. The number of nitrogens with two attached hydrogens (primary N) is 1. The van der Waals surface area contributed by atoms with Crippen LogP contribution >= 0.6 is 7.82 Å². The van der Waals surface area contributed by atoms with Crippen LogP contribution in [0.15, 0.2) is 46.1 Å². The van der Waals surface area contributed by atoms with E-state index in [4.69, 9.17) is 35.2 Å². The van der Waals surface area contributed by atoms with Crippen LogP contribution in [0, 0.1) is 12.3 Å². The quantitative estimate of drug-likeness (QED) is 0.210. The molecule has 1 aliphatic rings. The Hall–Kier alpha value is -3.31. The second-order valence-electron chi connectivity index (χ2n) is 8.31. The molecule has 6 atom stereocenters. The third-order valence-electron chi connectivity index (χ3n) is 5.09.